The van der Waals surface area contributed by atoms with E-state index in [1.165, 1.54) is 17.4 Å². The Hall–Kier alpha value is -3.21. The molecule has 0 bridgehead atoms. The van der Waals surface area contributed by atoms with Gasteiger partial charge in [0.15, 0.2) is 17.0 Å². The molecule has 4 aromatic rings. The van der Waals surface area contributed by atoms with Gasteiger partial charge >= 0.3 is 6.18 Å². The molecule has 0 saturated heterocycles. The molecule has 0 aliphatic carbocycles. The van der Waals surface area contributed by atoms with Gasteiger partial charge in [-0.15, -0.1) is 11.3 Å². The zero-order valence-corrected chi connectivity index (χ0v) is 19.4. The van der Waals surface area contributed by atoms with Crippen molar-refractivity contribution in [2.45, 2.75) is 52.9 Å². The van der Waals surface area contributed by atoms with Gasteiger partial charge in [0, 0.05) is 29.2 Å². The number of hydrogen-bond acceptors (Lipinski definition) is 5. The van der Waals surface area contributed by atoms with Gasteiger partial charge in [-0.3, -0.25) is 9.48 Å². The van der Waals surface area contributed by atoms with Gasteiger partial charge in [-0.1, -0.05) is 6.92 Å². The maximum atomic E-state index is 13.8. The van der Waals surface area contributed by atoms with Crippen molar-refractivity contribution in [2.24, 2.45) is 0 Å². The number of carbonyl (C=O) groups is 1. The number of alkyl halides is 3. The van der Waals surface area contributed by atoms with E-state index in [4.69, 9.17) is 0 Å². The van der Waals surface area contributed by atoms with Crippen molar-refractivity contribution in [3.05, 3.63) is 58.0 Å². The molecule has 11 heteroatoms. The van der Waals surface area contributed by atoms with E-state index >= 15 is 0 Å². The quantitative estimate of drug-likeness (QED) is 0.422. The number of aryl methyl sites for hydroxylation is 3. The molecular weight excluding hydrogens is 453 g/mol. The first-order valence-corrected chi connectivity index (χ1v) is 11.3. The van der Waals surface area contributed by atoms with E-state index in [-0.39, 0.29) is 17.0 Å². The standard InChI is InChI=1S/C22H23F3N6OS/c1-5-14-7-8-18(33-14)16-9-19(22(23,24)25)31-20(27-16)10-17(29-31)21(32)26-12(3)15-11-30(6-2)28-13(15)4/h7-12H,5-6H2,1-4H3,(H,26,32). The van der Waals surface area contributed by atoms with Crippen LogP contribution in [0.15, 0.2) is 30.5 Å². The Labute approximate surface area is 192 Å². The average Bonchev–Trinajstić information content (AvgIpc) is 3.49. The van der Waals surface area contributed by atoms with E-state index in [9.17, 15) is 18.0 Å². The molecule has 174 valence electrons. The number of nitrogens with zero attached hydrogens (tertiary/aromatic N) is 5. The lowest BCUT2D eigenvalue weighted by atomic mass is 10.1. The van der Waals surface area contributed by atoms with Crippen LogP contribution in [0, 0.1) is 6.92 Å². The summed E-state index contributed by atoms with van der Waals surface area (Å²) in [4.78, 5) is 18.9. The number of aromatic nitrogens is 5. The zero-order chi connectivity index (χ0) is 23.9. The van der Waals surface area contributed by atoms with Gasteiger partial charge < -0.3 is 5.32 Å². The van der Waals surface area contributed by atoms with E-state index in [1.807, 2.05) is 33.0 Å². The molecule has 1 atom stereocenters. The summed E-state index contributed by atoms with van der Waals surface area (Å²) in [5, 5.41) is 11.1. The fourth-order valence-corrected chi connectivity index (χ4v) is 4.50. The minimum atomic E-state index is -4.67. The molecule has 0 aromatic carbocycles. The summed E-state index contributed by atoms with van der Waals surface area (Å²) < 4.78 is 43.9. The Bertz CT molecular complexity index is 1320. The highest BCUT2D eigenvalue weighted by molar-refractivity contribution is 7.15. The molecule has 0 aliphatic heterocycles. The topological polar surface area (TPSA) is 77.1 Å². The molecule has 0 spiro atoms. The molecule has 1 N–H and O–H groups in total. The molecule has 4 aromatic heterocycles. The molecule has 0 saturated carbocycles. The molecule has 4 heterocycles. The van der Waals surface area contributed by atoms with Crippen molar-refractivity contribution in [2.75, 3.05) is 0 Å². The average molecular weight is 477 g/mol. The Balaban J connectivity index is 1.70. The van der Waals surface area contributed by atoms with E-state index in [2.05, 4.69) is 20.5 Å². The van der Waals surface area contributed by atoms with Crippen molar-refractivity contribution in [3.8, 4) is 10.6 Å². The van der Waals surface area contributed by atoms with Crippen molar-refractivity contribution < 1.29 is 18.0 Å². The lowest BCUT2D eigenvalue weighted by Crippen LogP contribution is -2.27. The summed E-state index contributed by atoms with van der Waals surface area (Å²) in [5.74, 6) is -0.587. The molecular formula is C22H23F3N6OS. The Morgan fingerprint density at radius 3 is 2.58 bits per heavy atom. The molecule has 1 amide bonds. The predicted octanol–water partition coefficient (Wildman–Crippen LogP) is 5.05. The fraction of sp³-hybridized carbons (Fsp3) is 0.364. The maximum absolute atomic E-state index is 13.8. The van der Waals surface area contributed by atoms with Crippen LogP contribution in [0.5, 0.6) is 0 Å². The van der Waals surface area contributed by atoms with Crippen molar-refractivity contribution in [1.82, 2.24) is 29.7 Å². The van der Waals surface area contributed by atoms with Gasteiger partial charge in [0.1, 0.15) is 0 Å². The van der Waals surface area contributed by atoms with E-state index in [0.717, 1.165) is 28.6 Å². The number of thiophene rings is 1. The third kappa shape index (κ3) is 4.50. The van der Waals surface area contributed by atoms with Crippen LogP contribution in [0.25, 0.3) is 16.2 Å². The highest BCUT2D eigenvalue weighted by Crippen LogP contribution is 2.34. The number of rotatable bonds is 6. The minimum absolute atomic E-state index is 0.0425. The molecule has 4 rings (SSSR count). The summed E-state index contributed by atoms with van der Waals surface area (Å²) in [6, 6.07) is 5.48. The summed E-state index contributed by atoms with van der Waals surface area (Å²) in [6.45, 7) is 8.24. The molecule has 0 radical (unpaired) electrons. The number of amides is 1. The second-order valence-electron chi connectivity index (χ2n) is 7.66. The van der Waals surface area contributed by atoms with E-state index in [0.29, 0.717) is 15.9 Å². The van der Waals surface area contributed by atoms with Gasteiger partial charge in [-0.05, 0) is 45.4 Å². The van der Waals surface area contributed by atoms with Crippen LogP contribution in [0.3, 0.4) is 0 Å². The monoisotopic (exact) mass is 476 g/mol. The number of hydrogen-bond donors (Lipinski definition) is 1. The zero-order valence-electron chi connectivity index (χ0n) is 18.6. The van der Waals surface area contributed by atoms with Crippen LogP contribution in [0.4, 0.5) is 13.2 Å². The van der Waals surface area contributed by atoms with Gasteiger partial charge in [0.05, 0.1) is 22.3 Å². The van der Waals surface area contributed by atoms with Crippen LogP contribution >= 0.6 is 11.3 Å². The van der Waals surface area contributed by atoms with Crippen LogP contribution in [0.1, 0.15) is 59.1 Å². The van der Waals surface area contributed by atoms with Crippen LogP contribution in [-0.2, 0) is 19.1 Å². The predicted molar refractivity (Wildman–Crippen MR) is 119 cm³/mol. The van der Waals surface area contributed by atoms with Crippen molar-refractivity contribution in [1.29, 1.82) is 0 Å². The summed E-state index contributed by atoms with van der Waals surface area (Å²) in [7, 11) is 0. The van der Waals surface area contributed by atoms with Gasteiger partial charge in [0.2, 0.25) is 0 Å². The van der Waals surface area contributed by atoms with Crippen LogP contribution in [0.2, 0.25) is 0 Å². The molecule has 33 heavy (non-hydrogen) atoms. The largest absolute Gasteiger partial charge is 0.433 e. The number of halogens is 3. The van der Waals surface area contributed by atoms with Gasteiger partial charge in [-0.2, -0.15) is 23.4 Å². The maximum Gasteiger partial charge on any atom is 0.433 e. The number of nitrogens with one attached hydrogen (secondary N) is 1. The van der Waals surface area contributed by atoms with Crippen LogP contribution in [-0.4, -0.2) is 30.3 Å². The lowest BCUT2D eigenvalue weighted by molar-refractivity contribution is -0.142. The normalized spacial score (nSPS) is 12.9. The highest BCUT2D eigenvalue weighted by Gasteiger charge is 2.36. The summed E-state index contributed by atoms with van der Waals surface area (Å²) >= 11 is 1.39. The molecule has 0 aliphatic rings. The van der Waals surface area contributed by atoms with Gasteiger partial charge in [0.25, 0.3) is 5.91 Å². The second-order valence-corrected chi connectivity index (χ2v) is 8.83. The third-order valence-electron chi connectivity index (χ3n) is 5.34. The summed E-state index contributed by atoms with van der Waals surface area (Å²) in [5.41, 5.74) is 0.628. The molecule has 0 fully saturated rings. The second kappa shape index (κ2) is 8.62. The fourth-order valence-electron chi connectivity index (χ4n) is 3.59. The highest BCUT2D eigenvalue weighted by atomic mass is 32.1. The van der Waals surface area contributed by atoms with Crippen molar-refractivity contribution in [3.63, 3.8) is 0 Å². The Morgan fingerprint density at radius 2 is 1.97 bits per heavy atom. The van der Waals surface area contributed by atoms with Gasteiger partial charge in [-0.25, -0.2) is 9.50 Å². The number of fused-ring (bicyclic) bond motifs is 1. The van der Waals surface area contributed by atoms with E-state index < -0.39 is 23.8 Å². The minimum Gasteiger partial charge on any atom is -0.344 e. The first-order chi connectivity index (χ1) is 15.6. The lowest BCUT2D eigenvalue weighted by Gasteiger charge is -2.12. The van der Waals surface area contributed by atoms with Crippen molar-refractivity contribution >= 4 is 22.9 Å². The number of carbonyl (C=O) groups excluding carboxylic acids is 1. The first-order valence-electron chi connectivity index (χ1n) is 10.5. The molecule has 7 nitrogen and oxygen atoms in total. The first kappa shape index (κ1) is 23.0. The Morgan fingerprint density at radius 1 is 1.21 bits per heavy atom. The third-order valence-corrected chi connectivity index (χ3v) is 6.59. The van der Waals surface area contributed by atoms with Crippen LogP contribution < -0.4 is 5.32 Å². The smallest absolute Gasteiger partial charge is 0.344 e. The molecule has 1 unspecified atom stereocenters. The van der Waals surface area contributed by atoms with E-state index in [1.54, 1.807) is 17.7 Å². The Kier molecular flexibility index (Phi) is 6.00. The summed E-state index contributed by atoms with van der Waals surface area (Å²) in [6.07, 6.45) is -2.05. The SMILES string of the molecule is CCc1ccc(-c2cc(C(F)(F)F)n3nc(C(=O)NC(C)c4cn(CC)nc4C)cc3n2)s1.